The molecule has 1 aliphatic heterocycles. The van der Waals surface area contributed by atoms with Crippen LogP contribution in [0, 0.1) is 0 Å². The van der Waals surface area contributed by atoms with Crippen molar-refractivity contribution < 1.29 is 0 Å². The lowest BCUT2D eigenvalue weighted by Gasteiger charge is -1.88. The van der Waals surface area contributed by atoms with Gasteiger partial charge in [0.2, 0.25) is 0 Å². The van der Waals surface area contributed by atoms with Crippen molar-refractivity contribution in [2.75, 3.05) is 0 Å². The molecule has 0 spiro atoms. The summed E-state index contributed by atoms with van der Waals surface area (Å²) in [7, 11) is 0. The number of pyridine rings is 1. The van der Waals surface area contributed by atoms with E-state index >= 15 is 0 Å². The third-order valence-corrected chi connectivity index (χ3v) is 1.24. The number of aromatic nitrogens is 1. The minimum absolute atomic E-state index is 0.914. The molecular formula is C7H4N2. The molecular weight excluding hydrogens is 112 g/mol. The van der Waals surface area contributed by atoms with Gasteiger partial charge in [0.25, 0.3) is 0 Å². The third-order valence-electron chi connectivity index (χ3n) is 1.24. The van der Waals surface area contributed by atoms with Crippen LogP contribution < -0.4 is 0 Å². The number of aliphatic imine (C=N–C) groups is 1. The summed E-state index contributed by atoms with van der Waals surface area (Å²) in [6, 6.07) is 1.92. The van der Waals surface area contributed by atoms with Crippen molar-refractivity contribution in [2.24, 2.45) is 4.99 Å². The standard InChI is InChI=1S/C7H4N2/c1-3-8-5-7-6(1)2-4-9-7/h1-3,5H. The van der Waals surface area contributed by atoms with Gasteiger partial charge < -0.3 is 0 Å². The number of nitrogens with zero attached hydrogens (tertiary/aromatic N) is 2. The zero-order valence-electron chi connectivity index (χ0n) is 4.70. The van der Waals surface area contributed by atoms with Crippen molar-refractivity contribution in [1.29, 1.82) is 0 Å². The smallest absolute Gasteiger partial charge is 0.0991 e. The maximum atomic E-state index is 3.93. The second kappa shape index (κ2) is 1.54. The Kier molecular flexibility index (Phi) is 0.765. The quantitative estimate of drug-likeness (QED) is 0.510. The molecule has 1 aliphatic rings. The second-order valence-electron chi connectivity index (χ2n) is 1.82. The fraction of sp³-hybridized carbons (Fsp3) is 0. The van der Waals surface area contributed by atoms with Gasteiger partial charge in [-0.05, 0) is 11.9 Å². The zero-order valence-corrected chi connectivity index (χ0v) is 4.70. The fourth-order valence-electron chi connectivity index (χ4n) is 0.784. The van der Waals surface area contributed by atoms with E-state index in [0.717, 1.165) is 11.3 Å². The molecule has 2 rings (SSSR count). The van der Waals surface area contributed by atoms with Gasteiger partial charge in [-0.15, -0.1) is 0 Å². The van der Waals surface area contributed by atoms with Crippen molar-refractivity contribution in [1.82, 2.24) is 4.98 Å². The number of hydrogen-bond donors (Lipinski definition) is 0. The molecule has 2 heterocycles. The molecule has 1 aromatic heterocycles. The predicted octanol–water partition coefficient (Wildman–Crippen LogP) is 1.41. The molecule has 1 aromatic rings. The van der Waals surface area contributed by atoms with E-state index in [2.05, 4.69) is 15.8 Å². The first kappa shape index (κ1) is 4.48. The third kappa shape index (κ3) is 0.574. The van der Waals surface area contributed by atoms with Gasteiger partial charge in [0.05, 0.1) is 11.9 Å². The van der Waals surface area contributed by atoms with Gasteiger partial charge in [0, 0.05) is 17.8 Å². The van der Waals surface area contributed by atoms with Crippen molar-refractivity contribution in [2.45, 2.75) is 0 Å². The van der Waals surface area contributed by atoms with E-state index in [0.29, 0.717) is 0 Å². The minimum Gasteiger partial charge on any atom is -0.262 e. The van der Waals surface area contributed by atoms with E-state index in [1.807, 2.05) is 12.1 Å². The summed E-state index contributed by atoms with van der Waals surface area (Å²) >= 11 is 0. The van der Waals surface area contributed by atoms with E-state index < -0.39 is 0 Å². The highest BCUT2D eigenvalue weighted by atomic mass is 14.8. The molecule has 0 unspecified atom stereocenters. The average molecular weight is 116 g/mol. The first-order valence-electron chi connectivity index (χ1n) is 2.70. The van der Waals surface area contributed by atoms with Crippen LogP contribution >= 0.6 is 0 Å². The van der Waals surface area contributed by atoms with Crippen molar-refractivity contribution in [3.05, 3.63) is 24.0 Å². The van der Waals surface area contributed by atoms with Gasteiger partial charge in [-0.25, -0.2) is 4.99 Å². The highest BCUT2D eigenvalue weighted by molar-refractivity contribution is 5.89. The molecule has 0 fully saturated rings. The molecule has 0 aromatic carbocycles. The van der Waals surface area contributed by atoms with Crippen molar-refractivity contribution in [3.8, 4) is 0 Å². The Bertz CT molecular complexity index is 269. The van der Waals surface area contributed by atoms with Crippen LogP contribution in [-0.4, -0.2) is 10.9 Å². The topological polar surface area (TPSA) is 25.2 Å². The second-order valence-corrected chi connectivity index (χ2v) is 1.82. The van der Waals surface area contributed by atoms with Crippen molar-refractivity contribution >= 4 is 17.6 Å². The predicted molar refractivity (Wildman–Crippen MR) is 35.8 cm³/mol. The maximum Gasteiger partial charge on any atom is 0.0991 e. The summed E-state index contributed by atoms with van der Waals surface area (Å²) in [5.41, 5.74) is 2.02. The highest BCUT2D eigenvalue weighted by Gasteiger charge is 1.98. The Morgan fingerprint density at radius 2 is 2.44 bits per heavy atom. The SMILES string of the molecule is C1=Cc2ccncc2N=1. The van der Waals surface area contributed by atoms with Gasteiger partial charge in [0.1, 0.15) is 0 Å². The molecule has 0 bridgehead atoms. The van der Waals surface area contributed by atoms with Crippen molar-refractivity contribution in [3.63, 3.8) is 0 Å². The molecule has 0 atom stereocenters. The van der Waals surface area contributed by atoms with E-state index in [1.54, 1.807) is 12.4 Å². The Hall–Kier alpha value is -1.40. The van der Waals surface area contributed by atoms with Crippen LogP contribution in [0.2, 0.25) is 0 Å². The van der Waals surface area contributed by atoms with E-state index in [4.69, 9.17) is 0 Å². The van der Waals surface area contributed by atoms with Gasteiger partial charge in [0.15, 0.2) is 0 Å². The van der Waals surface area contributed by atoms with Crippen LogP contribution in [0.15, 0.2) is 23.5 Å². The largest absolute Gasteiger partial charge is 0.262 e. The lowest BCUT2D eigenvalue weighted by molar-refractivity contribution is 1.31. The van der Waals surface area contributed by atoms with Crippen LogP contribution in [0.5, 0.6) is 0 Å². The molecule has 0 saturated carbocycles. The molecule has 42 valence electrons. The van der Waals surface area contributed by atoms with E-state index in [1.165, 1.54) is 0 Å². The monoisotopic (exact) mass is 116 g/mol. The molecule has 0 radical (unpaired) electrons. The molecule has 2 nitrogen and oxygen atoms in total. The average Bonchev–Trinajstić information content (AvgIpc) is 2.33. The summed E-state index contributed by atoms with van der Waals surface area (Å²) in [5.74, 6) is 2.75. The minimum atomic E-state index is 0.914. The maximum absolute atomic E-state index is 3.93. The van der Waals surface area contributed by atoms with Gasteiger partial charge >= 0.3 is 0 Å². The first-order valence-corrected chi connectivity index (χ1v) is 2.70. The zero-order chi connectivity index (χ0) is 6.10. The summed E-state index contributed by atoms with van der Waals surface area (Å²) in [5, 5.41) is 0. The number of hydrogen-bond acceptors (Lipinski definition) is 2. The molecule has 0 N–H and O–H groups in total. The van der Waals surface area contributed by atoms with Gasteiger partial charge in [-0.2, -0.15) is 0 Å². The fourth-order valence-corrected chi connectivity index (χ4v) is 0.784. The summed E-state index contributed by atoms with van der Waals surface area (Å²) in [6.45, 7) is 0. The molecule has 0 amide bonds. The Morgan fingerprint density at radius 3 is 3.33 bits per heavy atom. The summed E-state index contributed by atoms with van der Waals surface area (Å²) in [6.07, 6.45) is 5.32. The normalized spacial score (nSPS) is 12.0. The number of rotatable bonds is 0. The molecule has 2 heteroatoms. The van der Waals surface area contributed by atoms with Gasteiger partial charge in [-0.1, -0.05) is 0 Å². The molecule has 0 aliphatic carbocycles. The lowest BCUT2D eigenvalue weighted by atomic mass is 10.2. The van der Waals surface area contributed by atoms with Crippen LogP contribution in [0.25, 0.3) is 6.08 Å². The lowest BCUT2D eigenvalue weighted by Crippen LogP contribution is -1.70. The van der Waals surface area contributed by atoms with Crippen LogP contribution in [0.1, 0.15) is 5.56 Å². The van der Waals surface area contributed by atoms with Crippen LogP contribution in [0.4, 0.5) is 5.69 Å². The van der Waals surface area contributed by atoms with Gasteiger partial charge in [-0.3, -0.25) is 4.98 Å². The van der Waals surface area contributed by atoms with E-state index in [-0.39, 0.29) is 0 Å². The molecule has 9 heavy (non-hydrogen) atoms. The summed E-state index contributed by atoms with van der Waals surface area (Å²) < 4.78 is 0. The first-order chi connectivity index (χ1) is 4.47. The molecule has 0 saturated heterocycles. The number of fused-ring (bicyclic) bond motifs is 1. The van der Waals surface area contributed by atoms with E-state index in [9.17, 15) is 0 Å². The Labute approximate surface area is 52.6 Å². The van der Waals surface area contributed by atoms with Crippen LogP contribution in [-0.2, 0) is 0 Å². The summed E-state index contributed by atoms with van der Waals surface area (Å²) in [4.78, 5) is 7.83. The Balaban J connectivity index is 2.72. The highest BCUT2D eigenvalue weighted by Crippen LogP contribution is 2.20. The van der Waals surface area contributed by atoms with Crippen LogP contribution in [0.3, 0.4) is 0 Å². The Morgan fingerprint density at radius 1 is 1.44 bits per heavy atom.